The molecule has 2 amide bonds. The summed E-state index contributed by atoms with van der Waals surface area (Å²) < 4.78 is 5.73. The zero-order chi connectivity index (χ0) is 21.4. The zero-order valence-corrected chi connectivity index (χ0v) is 16.9. The molecule has 2 aromatic rings. The van der Waals surface area contributed by atoms with Crippen molar-refractivity contribution in [1.29, 1.82) is 0 Å². The summed E-state index contributed by atoms with van der Waals surface area (Å²) in [7, 11) is 0. The molecule has 5 aliphatic rings. The second kappa shape index (κ2) is 6.40. The van der Waals surface area contributed by atoms with E-state index in [0.29, 0.717) is 28.9 Å². The molecule has 4 aliphatic carbocycles. The number of benzene rings is 1. The van der Waals surface area contributed by atoms with E-state index in [1.807, 2.05) is 0 Å². The topological polar surface area (TPSA) is 100 Å². The number of halogens is 1. The second-order valence-electron chi connectivity index (χ2n) is 8.59. The Labute approximate surface area is 182 Å². The molecule has 3 fully saturated rings. The van der Waals surface area contributed by atoms with Crippen LogP contribution >= 0.6 is 11.6 Å². The van der Waals surface area contributed by atoms with E-state index in [2.05, 4.69) is 17.3 Å². The Morgan fingerprint density at radius 3 is 2.42 bits per heavy atom. The van der Waals surface area contributed by atoms with Gasteiger partial charge in [0.2, 0.25) is 0 Å². The van der Waals surface area contributed by atoms with Crippen LogP contribution in [-0.4, -0.2) is 34.1 Å². The molecule has 0 radical (unpaired) electrons. The highest BCUT2D eigenvalue weighted by atomic mass is 35.5. The number of aromatic carboxylic acids is 1. The van der Waals surface area contributed by atoms with Crippen LogP contribution in [0.1, 0.15) is 22.5 Å². The average Bonchev–Trinajstić information content (AvgIpc) is 3.39. The van der Waals surface area contributed by atoms with Gasteiger partial charge in [-0.15, -0.1) is 0 Å². The average molecular weight is 437 g/mol. The lowest BCUT2D eigenvalue weighted by Gasteiger charge is -2.37. The standard InChI is InChI=1S/C23H17ClN2O5/c24-17-5-1-10(7-16(17)23(29)30)18-6-2-11(31-18)9-25-26-21(27)19-12-3-4-13(15-8-14(12)15)20(19)22(26)28/h1-7,9,12-15,19-20H,8H2,(H,29,30)/b25-9-/t12-,13-,14-,15-,19+,20+/m1/s1. The lowest BCUT2D eigenvalue weighted by molar-refractivity contribution is -0.140. The summed E-state index contributed by atoms with van der Waals surface area (Å²) in [5.74, 6) is -0.0124. The van der Waals surface area contributed by atoms with Crippen LogP contribution in [0.5, 0.6) is 0 Å². The minimum Gasteiger partial charge on any atom is -0.478 e. The van der Waals surface area contributed by atoms with Crippen molar-refractivity contribution in [2.24, 2.45) is 40.6 Å². The number of imide groups is 1. The normalized spacial score (nSPS) is 32.6. The molecule has 2 heterocycles. The first-order chi connectivity index (χ1) is 14.9. The van der Waals surface area contributed by atoms with Crippen molar-refractivity contribution >= 4 is 35.6 Å². The van der Waals surface area contributed by atoms with Crippen LogP contribution in [0, 0.1) is 35.5 Å². The van der Waals surface area contributed by atoms with Gasteiger partial charge in [-0.1, -0.05) is 23.8 Å². The summed E-state index contributed by atoms with van der Waals surface area (Å²) in [5, 5.41) is 14.5. The van der Waals surface area contributed by atoms with Crippen molar-refractivity contribution in [3.05, 3.63) is 58.8 Å². The fourth-order valence-corrected chi connectivity index (χ4v) is 5.79. The van der Waals surface area contributed by atoms with Crippen LogP contribution in [-0.2, 0) is 9.59 Å². The summed E-state index contributed by atoms with van der Waals surface area (Å²) in [6.07, 6.45) is 6.70. The van der Waals surface area contributed by atoms with Gasteiger partial charge in [-0.2, -0.15) is 10.1 Å². The number of furan rings is 1. The number of carbonyl (C=O) groups excluding carboxylic acids is 2. The molecule has 0 unspecified atom stereocenters. The molecule has 0 spiro atoms. The maximum absolute atomic E-state index is 12.9. The number of nitrogens with zero attached hydrogens (tertiary/aromatic N) is 2. The third kappa shape index (κ3) is 2.66. The molecular formula is C23H17ClN2O5. The van der Waals surface area contributed by atoms with Crippen molar-refractivity contribution < 1.29 is 23.9 Å². The van der Waals surface area contributed by atoms with Gasteiger partial charge in [0, 0.05) is 5.56 Å². The van der Waals surface area contributed by atoms with E-state index >= 15 is 0 Å². The Morgan fingerprint density at radius 1 is 1.10 bits per heavy atom. The summed E-state index contributed by atoms with van der Waals surface area (Å²) in [4.78, 5) is 37.2. The predicted octanol–water partition coefficient (Wildman–Crippen LogP) is 3.69. The highest BCUT2D eigenvalue weighted by Crippen LogP contribution is 2.65. The Morgan fingerprint density at radius 2 is 1.77 bits per heavy atom. The molecular weight excluding hydrogens is 420 g/mol. The second-order valence-corrected chi connectivity index (χ2v) is 9.00. The third-order valence-corrected chi connectivity index (χ3v) is 7.38. The van der Waals surface area contributed by atoms with Crippen LogP contribution in [0.4, 0.5) is 0 Å². The Hall–Kier alpha value is -3.19. The molecule has 6 atom stereocenters. The van der Waals surface area contributed by atoms with Crippen LogP contribution in [0.25, 0.3) is 11.3 Å². The molecule has 1 aromatic carbocycles. The summed E-state index contributed by atoms with van der Waals surface area (Å²) in [6, 6.07) is 7.89. The van der Waals surface area contributed by atoms with Gasteiger partial charge < -0.3 is 9.52 Å². The Balaban J connectivity index is 1.24. The third-order valence-electron chi connectivity index (χ3n) is 7.05. The number of carboxylic acids is 1. The molecule has 1 saturated heterocycles. The molecule has 7 nitrogen and oxygen atoms in total. The van der Waals surface area contributed by atoms with Crippen molar-refractivity contribution in [2.75, 3.05) is 0 Å². The van der Waals surface area contributed by atoms with Crippen molar-refractivity contribution in [3.8, 4) is 11.3 Å². The number of rotatable bonds is 4. The summed E-state index contributed by atoms with van der Waals surface area (Å²) in [6.45, 7) is 0. The quantitative estimate of drug-likeness (QED) is 0.447. The van der Waals surface area contributed by atoms with E-state index < -0.39 is 5.97 Å². The Bertz CT molecular complexity index is 1180. The smallest absolute Gasteiger partial charge is 0.337 e. The minimum atomic E-state index is -1.13. The van der Waals surface area contributed by atoms with Gasteiger partial charge in [-0.25, -0.2) is 4.79 Å². The van der Waals surface area contributed by atoms with Crippen molar-refractivity contribution in [2.45, 2.75) is 6.42 Å². The van der Waals surface area contributed by atoms with Crippen LogP contribution in [0.2, 0.25) is 5.02 Å². The largest absolute Gasteiger partial charge is 0.478 e. The molecule has 7 rings (SSSR count). The molecule has 1 N–H and O–H groups in total. The van der Waals surface area contributed by atoms with E-state index in [1.165, 1.54) is 18.3 Å². The molecule has 1 aromatic heterocycles. The van der Waals surface area contributed by atoms with E-state index in [0.717, 1.165) is 11.4 Å². The first-order valence-electron chi connectivity index (χ1n) is 10.2. The molecule has 156 valence electrons. The lowest BCUT2D eigenvalue weighted by atomic mass is 9.63. The van der Waals surface area contributed by atoms with Gasteiger partial charge in [-0.3, -0.25) is 9.59 Å². The summed E-state index contributed by atoms with van der Waals surface area (Å²) in [5.41, 5.74) is 0.519. The Kier molecular flexibility index (Phi) is 3.84. The van der Waals surface area contributed by atoms with Gasteiger partial charge in [-0.05, 0) is 60.4 Å². The van der Waals surface area contributed by atoms with Gasteiger partial charge in [0.05, 0.1) is 28.6 Å². The highest BCUT2D eigenvalue weighted by Gasteiger charge is 2.67. The first-order valence-corrected chi connectivity index (χ1v) is 10.5. The van der Waals surface area contributed by atoms with Gasteiger partial charge >= 0.3 is 5.97 Å². The molecule has 31 heavy (non-hydrogen) atoms. The number of carbonyl (C=O) groups is 3. The van der Waals surface area contributed by atoms with Gasteiger partial charge in [0.15, 0.2) is 0 Å². The number of hydrogen-bond donors (Lipinski definition) is 1. The summed E-state index contributed by atoms with van der Waals surface area (Å²) >= 11 is 5.92. The number of hydrogen-bond acceptors (Lipinski definition) is 5. The van der Waals surface area contributed by atoms with Crippen molar-refractivity contribution in [1.82, 2.24) is 5.01 Å². The number of allylic oxidation sites excluding steroid dienone is 2. The first kappa shape index (κ1) is 18.6. The van der Waals surface area contributed by atoms with Crippen molar-refractivity contribution in [3.63, 3.8) is 0 Å². The maximum Gasteiger partial charge on any atom is 0.337 e. The molecule has 8 heteroatoms. The number of amides is 2. The minimum absolute atomic E-state index is 0.0251. The van der Waals surface area contributed by atoms with Gasteiger partial charge in [0.25, 0.3) is 11.8 Å². The van der Waals surface area contributed by atoms with E-state index in [9.17, 15) is 19.5 Å². The van der Waals surface area contributed by atoms with Crippen LogP contribution in [0.15, 0.2) is 52.0 Å². The maximum atomic E-state index is 12.9. The monoisotopic (exact) mass is 436 g/mol. The van der Waals surface area contributed by atoms with Gasteiger partial charge in [0.1, 0.15) is 11.5 Å². The van der Waals surface area contributed by atoms with Crippen LogP contribution < -0.4 is 0 Å². The van der Waals surface area contributed by atoms with E-state index in [-0.39, 0.29) is 46.1 Å². The highest BCUT2D eigenvalue weighted by molar-refractivity contribution is 6.33. The molecule has 1 aliphatic heterocycles. The fraction of sp³-hybridized carbons (Fsp3) is 0.304. The SMILES string of the molecule is O=C(O)c1cc(-c2ccc(/C=N\N3C(=O)[C@H]4[C@@H]5C=C[C@H]([C@H]6C[C@H]56)[C@@H]4C3=O)o2)ccc1Cl. The van der Waals surface area contributed by atoms with E-state index in [4.69, 9.17) is 16.0 Å². The molecule has 2 bridgehead atoms. The lowest BCUT2D eigenvalue weighted by Crippen LogP contribution is -2.40. The predicted molar refractivity (Wildman–Crippen MR) is 110 cm³/mol. The number of carboxylic acid groups (broad SMARTS) is 1. The fourth-order valence-electron chi connectivity index (χ4n) is 5.59. The van der Waals surface area contributed by atoms with Crippen LogP contribution in [0.3, 0.4) is 0 Å². The zero-order valence-electron chi connectivity index (χ0n) is 16.1. The molecule has 2 saturated carbocycles. The number of hydrazone groups is 1. The van der Waals surface area contributed by atoms with E-state index in [1.54, 1.807) is 18.2 Å².